The van der Waals surface area contributed by atoms with Crippen LogP contribution in [0.5, 0.6) is 0 Å². The smallest absolute Gasteiger partial charge is 0.428 e. The summed E-state index contributed by atoms with van der Waals surface area (Å²) in [5, 5.41) is 0. The quantitative estimate of drug-likeness (QED) is 0.468. The van der Waals surface area contributed by atoms with Crippen molar-refractivity contribution in [1.29, 1.82) is 0 Å². The topological polar surface area (TPSA) is 44.8 Å². The maximum absolute atomic E-state index is 10.1. The molecular formula is C19H30O4. The number of hydrogen-bond acceptors (Lipinski definition) is 4. The van der Waals surface area contributed by atoms with E-state index in [-0.39, 0.29) is 6.61 Å². The number of carbonyl (C=O) groups excluding carboxylic acids is 1. The molecule has 1 unspecified atom stereocenters. The minimum absolute atomic E-state index is 0.204. The summed E-state index contributed by atoms with van der Waals surface area (Å²) >= 11 is 0. The van der Waals surface area contributed by atoms with Gasteiger partial charge in [0, 0.05) is 7.11 Å². The van der Waals surface area contributed by atoms with Crippen molar-refractivity contribution in [3.8, 4) is 0 Å². The molecule has 1 fully saturated rings. The molecule has 0 saturated carbocycles. The lowest BCUT2D eigenvalue weighted by Gasteiger charge is -2.01. The van der Waals surface area contributed by atoms with Gasteiger partial charge in [-0.25, -0.2) is 4.79 Å². The van der Waals surface area contributed by atoms with E-state index in [1.807, 2.05) is 0 Å². The molecule has 1 aromatic rings. The first-order valence-electron chi connectivity index (χ1n) is 8.66. The lowest BCUT2D eigenvalue weighted by molar-refractivity contribution is -0.0506. The number of carbonyl (C=O) groups is 1. The van der Waals surface area contributed by atoms with Crippen LogP contribution in [0.15, 0.2) is 30.3 Å². The van der Waals surface area contributed by atoms with Gasteiger partial charge in [-0.3, -0.25) is 0 Å². The van der Waals surface area contributed by atoms with E-state index in [4.69, 9.17) is 0 Å². The predicted octanol–water partition coefficient (Wildman–Crippen LogP) is 5.11. The van der Waals surface area contributed by atoms with Gasteiger partial charge in [-0.2, -0.15) is 0 Å². The summed E-state index contributed by atoms with van der Waals surface area (Å²) in [5.41, 5.74) is 1.49. The highest BCUT2D eigenvalue weighted by Crippen LogP contribution is 2.10. The van der Waals surface area contributed by atoms with E-state index in [9.17, 15) is 4.79 Å². The lowest BCUT2D eigenvalue weighted by atomic mass is 10.0. The van der Waals surface area contributed by atoms with Gasteiger partial charge in [0.1, 0.15) is 0 Å². The fraction of sp³-hybridized carbons (Fsp3) is 0.632. The summed E-state index contributed by atoms with van der Waals surface area (Å²) < 4.78 is 13.4. The molecule has 1 saturated heterocycles. The Morgan fingerprint density at radius 3 is 2.22 bits per heavy atom. The molecule has 1 atom stereocenters. The van der Waals surface area contributed by atoms with Crippen molar-refractivity contribution in [1.82, 2.24) is 0 Å². The molecule has 4 heteroatoms. The first kappa shape index (κ1) is 19.5. The van der Waals surface area contributed by atoms with E-state index in [2.05, 4.69) is 51.5 Å². The molecule has 1 heterocycles. The molecule has 23 heavy (non-hydrogen) atoms. The van der Waals surface area contributed by atoms with E-state index >= 15 is 0 Å². The van der Waals surface area contributed by atoms with Crippen LogP contribution in [0.2, 0.25) is 0 Å². The number of hydrogen-bond donors (Lipinski definition) is 0. The zero-order chi connectivity index (χ0) is 16.8. The fourth-order valence-corrected chi connectivity index (χ4v) is 2.36. The largest absolute Gasteiger partial charge is 0.510 e. The van der Waals surface area contributed by atoms with Crippen molar-refractivity contribution < 1.29 is 19.0 Å². The summed E-state index contributed by atoms with van der Waals surface area (Å²) in [4.78, 5) is 10.1. The molecule has 0 spiro atoms. The van der Waals surface area contributed by atoms with Crippen LogP contribution in [0.25, 0.3) is 0 Å². The Morgan fingerprint density at radius 1 is 1.04 bits per heavy atom. The van der Waals surface area contributed by atoms with Crippen molar-refractivity contribution in [2.24, 2.45) is 0 Å². The first-order valence-corrected chi connectivity index (χ1v) is 8.66. The van der Waals surface area contributed by atoms with Gasteiger partial charge in [-0.05, 0) is 18.4 Å². The highest BCUT2D eigenvalue weighted by Gasteiger charge is 2.23. The average Bonchev–Trinajstić information content (AvgIpc) is 3.01. The highest BCUT2D eigenvalue weighted by atomic mass is 16.8. The standard InChI is InChI=1S/C15H24.C4H6O4/c1-2-3-4-5-6-7-9-12-15-13-10-8-11-14-15;1-6-3-2-7-4(5)8-3/h8,10-11,13-14H,2-7,9,12H2,1H3;3H,2H2,1H3. The van der Waals surface area contributed by atoms with Crippen molar-refractivity contribution >= 4 is 6.16 Å². The Hall–Kier alpha value is -1.55. The third kappa shape index (κ3) is 9.95. The third-order valence-electron chi connectivity index (χ3n) is 3.74. The minimum Gasteiger partial charge on any atom is -0.428 e. The molecule has 0 bridgehead atoms. The Morgan fingerprint density at radius 2 is 1.70 bits per heavy atom. The second-order valence-corrected chi connectivity index (χ2v) is 5.70. The molecule has 4 nitrogen and oxygen atoms in total. The van der Waals surface area contributed by atoms with Gasteiger partial charge in [-0.15, -0.1) is 0 Å². The Balaban J connectivity index is 0.000000277. The third-order valence-corrected chi connectivity index (χ3v) is 3.74. The zero-order valence-corrected chi connectivity index (χ0v) is 14.5. The van der Waals surface area contributed by atoms with Crippen molar-refractivity contribution in [2.75, 3.05) is 13.7 Å². The number of methoxy groups -OCH3 is 1. The van der Waals surface area contributed by atoms with Gasteiger partial charge in [-0.1, -0.05) is 75.8 Å². The van der Waals surface area contributed by atoms with Crippen LogP contribution in [0.3, 0.4) is 0 Å². The van der Waals surface area contributed by atoms with Crippen LogP contribution in [0.4, 0.5) is 4.79 Å². The summed E-state index contributed by atoms with van der Waals surface area (Å²) in [6.45, 7) is 2.48. The number of ether oxygens (including phenoxy) is 3. The maximum Gasteiger partial charge on any atom is 0.510 e. The number of aryl methyl sites for hydroxylation is 1. The molecule has 0 amide bonds. The Kier molecular flexibility index (Phi) is 11.0. The molecule has 130 valence electrons. The van der Waals surface area contributed by atoms with Crippen LogP contribution in [-0.4, -0.2) is 26.2 Å². The van der Waals surface area contributed by atoms with E-state index in [0.717, 1.165) is 0 Å². The molecule has 0 radical (unpaired) electrons. The first-order chi connectivity index (χ1) is 11.3. The molecule has 0 N–H and O–H groups in total. The second kappa shape index (κ2) is 12.9. The molecule has 2 rings (SSSR count). The van der Waals surface area contributed by atoms with Gasteiger partial charge >= 0.3 is 6.16 Å². The number of benzene rings is 1. The fourth-order valence-electron chi connectivity index (χ4n) is 2.36. The SMILES string of the molecule is CCCCCCCCCc1ccccc1.COC1COC(=O)O1. The molecule has 0 aliphatic carbocycles. The molecule has 1 aliphatic heterocycles. The molecule has 1 aromatic carbocycles. The average molecular weight is 322 g/mol. The van der Waals surface area contributed by atoms with Crippen molar-refractivity contribution in [3.05, 3.63) is 35.9 Å². The number of rotatable bonds is 9. The number of unbranched alkanes of at least 4 members (excludes halogenated alkanes) is 6. The van der Waals surface area contributed by atoms with Gasteiger partial charge in [0.25, 0.3) is 0 Å². The van der Waals surface area contributed by atoms with E-state index in [1.54, 1.807) is 0 Å². The summed E-state index contributed by atoms with van der Waals surface area (Å²) in [6.07, 6.45) is 9.92. The lowest BCUT2D eigenvalue weighted by Crippen LogP contribution is -2.11. The van der Waals surface area contributed by atoms with Gasteiger partial charge in [0.15, 0.2) is 6.61 Å². The van der Waals surface area contributed by atoms with E-state index in [1.165, 1.54) is 64.0 Å². The summed E-state index contributed by atoms with van der Waals surface area (Å²) in [6, 6.07) is 10.8. The Labute approximate surface area is 140 Å². The van der Waals surface area contributed by atoms with E-state index in [0.29, 0.717) is 0 Å². The van der Waals surface area contributed by atoms with Crippen molar-refractivity contribution in [3.63, 3.8) is 0 Å². The summed E-state index contributed by atoms with van der Waals surface area (Å²) in [5.74, 6) is 0. The normalized spacial score (nSPS) is 16.3. The van der Waals surface area contributed by atoms with Crippen LogP contribution < -0.4 is 0 Å². The molecule has 0 aromatic heterocycles. The predicted molar refractivity (Wildman–Crippen MR) is 91.4 cm³/mol. The van der Waals surface area contributed by atoms with Crippen LogP contribution in [0, 0.1) is 0 Å². The Bertz CT molecular complexity index is 405. The van der Waals surface area contributed by atoms with E-state index < -0.39 is 12.4 Å². The van der Waals surface area contributed by atoms with Crippen molar-refractivity contribution in [2.45, 2.75) is 64.6 Å². The molecular weight excluding hydrogens is 292 g/mol. The zero-order valence-electron chi connectivity index (χ0n) is 14.5. The van der Waals surface area contributed by atoms with Gasteiger partial charge in [0.05, 0.1) is 0 Å². The van der Waals surface area contributed by atoms with Crippen LogP contribution in [-0.2, 0) is 20.6 Å². The molecule has 1 aliphatic rings. The van der Waals surface area contributed by atoms with Crippen LogP contribution >= 0.6 is 0 Å². The monoisotopic (exact) mass is 322 g/mol. The summed E-state index contributed by atoms with van der Waals surface area (Å²) in [7, 11) is 1.45. The maximum atomic E-state index is 10.1. The van der Waals surface area contributed by atoms with Gasteiger partial charge in [0.2, 0.25) is 6.29 Å². The number of cyclic esters (lactones) is 2. The minimum atomic E-state index is -0.656. The van der Waals surface area contributed by atoms with Gasteiger partial charge < -0.3 is 14.2 Å². The second-order valence-electron chi connectivity index (χ2n) is 5.70. The van der Waals surface area contributed by atoms with Crippen LogP contribution in [0.1, 0.15) is 57.4 Å². The highest BCUT2D eigenvalue weighted by molar-refractivity contribution is 5.61.